The third-order valence-corrected chi connectivity index (χ3v) is 14.6. The number of hydrogen-bond donors (Lipinski definition) is 0. The van der Waals surface area contributed by atoms with Crippen LogP contribution in [-0.2, 0) is 5.41 Å². The smallest absolute Gasteiger partial charge is 0.0540 e. The molecule has 1 fully saturated rings. The van der Waals surface area contributed by atoms with E-state index in [1.807, 2.05) is 0 Å². The molecule has 0 heterocycles. The standard InChI is InChI=1S/C64H52N2/c1-4-15-46(16-5-1)48-25-33-53(34-26-48)65(54-35-27-49(28-36-54)47-17-6-2-7-18-47)55-37-29-50(30-38-55)51-31-39-56(40-32-51)66(63-24-14-20-52-19-8-9-21-58(52)63)57-41-42-60-59-22-10-11-23-61(59)64(62(60)45-57)43-12-3-13-44-64/h1-2,4-11,14-17,19-42,45,47H,3,12-13,18,43-44H2. The fourth-order valence-corrected chi connectivity index (χ4v) is 11.3. The topological polar surface area (TPSA) is 6.48 Å². The molecule has 0 N–H and O–H groups in total. The lowest BCUT2D eigenvalue weighted by Gasteiger charge is -2.36. The molecule has 1 unspecified atom stereocenters. The van der Waals surface area contributed by atoms with Gasteiger partial charge in [-0.2, -0.15) is 0 Å². The molecule has 12 rings (SSSR count). The molecule has 0 bridgehead atoms. The van der Waals surface area contributed by atoms with Gasteiger partial charge in [0.2, 0.25) is 0 Å². The normalized spacial score (nSPS) is 15.7. The number of nitrogens with zero attached hydrogens (tertiary/aromatic N) is 2. The van der Waals surface area contributed by atoms with Crippen LogP contribution >= 0.6 is 0 Å². The molecular formula is C64H52N2. The molecule has 0 amide bonds. The molecule has 0 radical (unpaired) electrons. The summed E-state index contributed by atoms with van der Waals surface area (Å²) in [5.74, 6) is 0.410. The zero-order valence-corrected chi connectivity index (χ0v) is 37.2. The van der Waals surface area contributed by atoms with Crippen LogP contribution in [-0.4, -0.2) is 0 Å². The maximum Gasteiger partial charge on any atom is 0.0540 e. The van der Waals surface area contributed by atoms with E-state index in [0.29, 0.717) is 5.92 Å². The molecule has 2 heteroatoms. The molecule has 9 aromatic carbocycles. The Balaban J connectivity index is 0.897. The summed E-state index contributed by atoms with van der Waals surface area (Å²) in [6.45, 7) is 0. The first-order chi connectivity index (χ1) is 32.7. The largest absolute Gasteiger partial charge is 0.311 e. The summed E-state index contributed by atoms with van der Waals surface area (Å²) in [7, 11) is 0. The Morgan fingerprint density at radius 1 is 0.394 bits per heavy atom. The van der Waals surface area contributed by atoms with Crippen LogP contribution < -0.4 is 9.80 Å². The van der Waals surface area contributed by atoms with Crippen molar-refractivity contribution >= 4 is 44.9 Å². The van der Waals surface area contributed by atoms with Crippen molar-refractivity contribution in [1.82, 2.24) is 0 Å². The first-order valence-electron chi connectivity index (χ1n) is 23.8. The lowest BCUT2D eigenvalue weighted by atomic mass is 9.68. The van der Waals surface area contributed by atoms with E-state index in [0.717, 1.165) is 29.2 Å². The number of hydrogen-bond acceptors (Lipinski definition) is 2. The highest BCUT2D eigenvalue weighted by molar-refractivity contribution is 5.99. The Bertz CT molecular complexity index is 3220. The second kappa shape index (κ2) is 17.0. The van der Waals surface area contributed by atoms with Crippen LogP contribution in [0.4, 0.5) is 34.1 Å². The van der Waals surface area contributed by atoms with Gasteiger partial charge in [0.1, 0.15) is 0 Å². The second-order valence-electron chi connectivity index (χ2n) is 18.3. The van der Waals surface area contributed by atoms with Gasteiger partial charge in [0.15, 0.2) is 0 Å². The van der Waals surface area contributed by atoms with E-state index in [1.165, 1.54) is 104 Å². The number of fused-ring (bicyclic) bond motifs is 6. The number of anilines is 6. The highest BCUT2D eigenvalue weighted by Gasteiger charge is 2.44. The summed E-state index contributed by atoms with van der Waals surface area (Å²) in [6, 6.07) is 79.0. The van der Waals surface area contributed by atoms with Gasteiger partial charge in [-0.1, -0.05) is 189 Å². The van der Waals surface area contributed by atoms with Crippen LogP contribution in [0.2, 0.25) is 0 Å². The predicted molar refractivity (Wildman–Crippen MR) is 279 cm³/mol. The highest BCUT2D eigenvalue weighted by Crippen LogP contribution is 2.57. The Kier molecular flexibility index (Phi) is 10.3. The van der Waals surface area contributed by atoms with E-state index in [9.17, 15) is 0 Å². The van der Waals surface area contributed by atoms with Gasteiger partial charge in [-0.3, -0.25) is 0 Å². The van der Waals surface area contributed by atoms with Crippen molar-refractivity contribution < 1.29 is 0 Å². The summed E-state index contributed by atoms with van der Waals surface area (Å²) in [5.41, 5.74) is 19.0. The van der Waals surface area contributed by atoms with E-state index in [-0.39, 0.29) is 5.41 Å². The molecular weight excluding hydrogens is 797 g/mol. The second-order valence-corrected chi connectivity index (χ2v) is 18.3. The van der Waals surface area contributed by atoms with Crippen molar-refractivity contribution in [1.29, 1.82) is 0 Å². The van der Waals surface area contributed by atoms with Crippen LogP contribution in [0.15, 0.2) is 237 Å². The zero-order valence-electron chi connectivity index (χ0n) is 37.2. The summed E-state index contributed by atoms with van der Waals surface area (Å²) in [4.78, 5) is 4.86. The average molecular weight is 849 g/mol. The minimum Gasteiger partial charge on any atom is -0.311 e. The molecule has 318 valence electrons. The third-order valence-electron chi connectivity index (χ3n) is 14.6. The summed E-state index contributed by atoms with van der Waals surface area (Å²) >= 11 is 0. The van der Waals surface area contributed by atoms with Crippen molar-refractivity contribution in [2.45, 2.75) is 49.9 Å². The van der Waals surface area contributed by atoms with E-state index < -0.39 is 0 Å². The van der Waals surface area contributed by atoms with Gasteiger partial charge >= 0.3 is 0 Å². The monoisotopic (exact) mass is 848 g/mol. The summed E-state index contributed by atoms with van der Waals surface area (Å²) in [6.07, 6.45) is 16.2. The summed E-state index contributed by atoms with van der Waals surface area (Å²) < 4.78 is 0. The van der Waals surface area contributed by atoms with Crippen LogP contribution in [0.25, 0.3) is 44.2 Å². The average Bonchev–Trinajstić information content (AvgIpc) is 3.65. The van der Waals surface area contributed by atoms with Gasteiger partial charge in [0.25, 0.3) is 0 Å². The maximum absolute atomic E-state index is 2.54. The predicted octanol–water partition coefficient (Wildman–Crippen LogP) is 17.9. The molecule has 1 atom stereocenters. The van der Waals surface area contributed by atoms with Gasteiger partial charge < -0.3 is 9.80 Å². The number of allylic oxidation sites excluding steroid dienone is 4. The molecule has 9 aromatic rings. The third kappa shape index (κ3) is 7.14. The Morgan fingerprint density at radius 2 is 0.939 bits per heavy atom. The highest BCUT2D eigenvalue weighted by atomic mass is 15.1. The van der Waals surface area contributed by atoms with Crippen molar-refractivity contribution in [2.24, 2.45) is 0 Å². The van der Waals surface area contributed by atoms with E-state index in [1.54, 1.807) is 0 Å². The van der Waals surface area contributed by atoms with Crippen LogP contribution in [0.5, 0.6) is 0 Å². The number of rotatable bonds is 9. The zero-order chi connectivity index (χ0) is 43.9. The van der Waals surface area contributed by atoms with Crippen LogP contribution in [0.1, 0.15) is 61.1 Å². The number of benzene rings is 9. The quantitative estimate of drug-likeness (QED) is 0.143. The van der Waals surface area contributed by atoms with Gasteiger partial charge in [-0.25, -0.2) is 0 Å². The molecule has 1 spiro atoms. The SMILES string of the molecule is C1=CCC(c2ccc(N(c3ccc(-c4ccccc4)cc3)c3ccc(-c4ccc(N(c5ccc6c(c5)C5(CCCCC5)c5ccccc5-6)c5cccc6ccccc56)cc4)cc3)cc2)C=C1. The van der Waals surface area contributed by atoms with Gasteiger partial charge in [-0.05, 0) is 141 Å². The van der Waals surface area contributed by atoms with Crippen molar-refractivity contribution in [3.05, 3.63) is 253 Å². The van der Waals surface area contributed by atoms with Crippen molar-refractivity contribution in [2.75, 3.05) is 9.80 Å². The summed E-state index contributed by atoms with van der Waals surface area (Å²) in [5, 5.41) is 2.48. The molecule has 1 saturated carbocycles. The van der Waals surface area contributed by atoms with Gasteiger partial charge in [0.05, 0.1) is 5.69 Å². The van der Waals surface area contributed by atoms with E-state index in [2.05, 4.69) is 246 Å². The fraction of sp³-hybridized carbons (Fsp3) is 0.125. The van der Waals surface area contributed by atoms with Crippen LogP contribution in [0, 0.1) is 0 Å². The van der Waals surface area contributed by atoms with E-state index in [4.69, 9.17) is 0 Å². The first-order valence-corrected chi connectivity index (χ1v) is 23.8. The molecule has 2 nitrogen and oxygen atoms in total. The molecule has 66 heavy (non-hydrogen) atoms. The lowest BCUT2D eigenvalue weighted by molar-refractivity contribution is 0.353. The molecule has 3 aliphatic rings. The van der Waals surface area contributed by atoms with Crippen molar-refractivity contribution in [3.8, 4) is 33.4 Å². The minimum atomic E-state index is 0.0790. The lowest BCUT2D eigenvalue weighted by Crippen LogP contribution is -2.28. The first kappa shape index (κ1) is 39.9. The molecule has 3 aliphatic carbocycles. The molecule has 0 aromatic heterocycles. The Hall–Kier alpha value is -7.68. The fourth-order valence-electron chi connectivity index (χ4n) is 11.3. The van der Waals surface area contributed by atoms with Gasteiger partial charge in [0, 0.05) is 45.2 Å². The Morgan fingerprint density at radius 3 is 1.61 bits per heavy atom. The molecule has 0 aliphatic heterocycles. The van der Waals surface area contributed by atoms with Gasteiger partial charge in [-0.15, -0.1) is 0 Å². The maximum atomic E-state index is 2.54. The molecule has 0 saturated heterocycles. The van der Waals surface area contributed by atoms with Crippen molar-refractivity contribution in [3.63, 3.8) is 0 Å². The Labute approximate surface area is 389 Å². The van der Waals surface area contributed by atoms with Crippen LogP contribution in [0.3, 0.4) is 0 Å². The minimum absolute atomic E-state index is 0.0790. The van der Waals surface area contributed by atoms with E-state index >= 15 is 0 Å².